The highest BCUT2D eigenvalue weighted by Gasteiger charge is 2.42. The van der Waals surface area contributed by atoms with Crippen LogP contribution in [0.3, 0.4) is 0 Å². The molecule has 0 saturated carbocycles. The molecule has 0 spiro atoms. The van der Waals surface area contributed by atoms with Gasteiger partial charge in [0.15, 0.2) is 0 Å². The van der Waals surface area contributed by atoms with E-state index in [1.54, 1.807) is 0 Å². The number of rotatable bonds is 3. The maximum atomic E-state index is 10.8. The number of carbonyl (C=O) groups excluding carboxylic acids is 1. The van der Waals surface area contributed by atoms with Crippen molar-refractivity contribution in [3.63, 3.8) is 0 Å². The summed E-state index contributed by atoms with van der Waals surface area (Å²) in [5.41, 5.74) is -0.509. The average Bonchev–Trinajstić information content (AvgIpc) is 2.66. The Balaban J connectivity index is 2.44. The summed E-state index contributed by atoms with van der Waals surface area (Å²) in [6.07, 6.45) is 1.22. The lowest BCUT2D eigenvalue weighted by Gasteiger charge is -2.21. The molecule has 1 saturated heterocycles. The zero-order chi connectivity index (χ0) is 8.48. The fourth-order valence-corrected chi connectivity index (χ4v) is 0.816. The van der Waals surface area contributed by atoms with Gasteiger partial charge in [-0.25, -0.2) is 4.79 Å². The van der Waals surface area contributed by atoms with Crippen molar-refractivity contribution in [2.24, 2.45) is 0 Å². The SMILES string of the molecule is C=CC(=O)OC(C)(C)C1CO1. The lowest BCUT2D eigenvalue weighted by Crippen LogP contribution is -2.33. The van der Waals surface area contributed by atoms with Crippen LogP contribution in [0.4, 0.5) is 0 Å². The molecule has 3 heteroatoms. The Bertz CT molecular complexity index is 180. The lowest BCUT2D eigenvalue weighted by molar-refractivity contribution is -0.151. The van der Waals surface area contributed by atoms with Gasteiger partial charge in [0, 0.05) is 6.08 Å². The van der Waals surface area contributed by atoms with Crippen molar-refractivity contribution in [2.45, 2.75) is 25.6 Å². The van der Waals surface area contributed by atoms with E-state index in [-0.39, 0.29) is 6.10 Å². The van der Waals surface area contributed by atoms with Gasteiger partial charge in [-0.15, -0.1) is 0 Å². The molecule has 1 fully saturated rings. The van der Waals surface area contributed by atoms with Crippen LogP contribution in [0.1, 0.15) is 13.8 Å². The van der Waals surface area contributed by atoms with Crippen molar-refractivity contribution in [3.8, 4) is 0 Å². The van der Waals surface area contributed by atoms with Gasteiger partial charge in [-0.1, -0.05) is 6.58 Å². The molecule has 0 amide bonds. The predicted octanol–water partition coefficient (Wildman–Crippen LogP) is 0.893. The molecule has 11 heavy (non-hydrogen) atoms. The highest BCUT2D eigenvalue weighted by atomic mass is 16.6. The Morgan fingerprint density at radius 3 is 2.73 bits per heavy atom. The van der Waals surface area contributed by atoms with Gasteiger partial charge in [0.25, 0.3) is 0 Å². The predicted molar refractivity (Wildman–Crippen MR) is 40.1 cm³/mol. The number of hydrogen-bond acceptors (Lipinski definition) is 3. The fraction of sp³-hybridized carbons (Fsp3) is 0.625. The van der Waals surface area contributed by atoms with Gasteiger partial charge in [-0.3, -0.25) is 0 Å². The van der Waals surface area contributed by atoms with Gasteiger partial charge in [-0.2, -0.15) is 0 Å². The largest absolute Gasteiger partial charge is 0.454 e. The highest BCUT2D eigenvalue weighted by Crippen LogP contribution is 2.27. The van der Waals surface area contributed by atoms with Crippen LogP contribution in [0.5, 0.6) is 0 Å². The fourth-order valence-electron chi connectivity index (χ4n) is 0.816. The summed E-state index contributed by atoms with van der Waals surface area (Å²) in [7, 11) is 0. The highest BCUT2D eigenvalue weighted by molar-refractivity contribution is 5.81. The molecule has 0 bridgehead atoms. The molecule has 0 radical (unpaired) electrons. The van der Waals surface area contributed by atoms with Crippen molar-refractivity contribution < 1.29 is 14.3 Å². The summed E-state index contributed by atoms with van der Waals surface area (Å²) in [6, 6.07) is 0. The number of carbonyl (C=O) groups is 1. The Morgan fingerprint density at radius 2 is 2.36 bits per heavy atom. The zero-order valence-electron chi connectivity index (χ0n) is 6.79. The summed E-state index contributed by atoms with van der Waals surface area (Å²) in [5, 5.41) is 0. The van der Waals surface area contributed by atoms with Crippen LogP contribution < -0.4 is 0 Å². The third kappa shape index (κ3) is 2.05. The Labute approximate surface area is 66.0 Å². The molecule has 0 N–H and O–H groups in total. The van der Waals surface area contributed by atoms with E-state index in [4.69, 9.17) is 9.47 Å². The first-order valence-electron chi connectivity index (χ1n) is 3.53. The van der Waals surface area contributed by atoms with Gasteiger partial charge < -0.3 is 9.47 Å². The minimum absolute atomic E-state index is 0.0615. The van der Waals surface area contributed by atoms with E-state index >= 15 is 0 Å². The first-order chi connectivity index (χ1) is 5.06. The summed E-state index contributed by atoms with van der Waals surface area (Å²) < 4.78 is 10.0. The molecule has 1 rings (SSSR count). The normalized spacial score (nSPS) is 22.5. The van der Waals surface area contributed by atoms with E-state index in [1.165, 1.54) is 0 Å². The van der Waals surface area contributed by atoms with E-state index in [9.17, 15) is 4.79 Å². The quantitative estimate of drug-likeness (QED) is 0.346. The number of epoxide rings is 1. The topological polar surface area (TPSA) is 38.8 Å². The Hall–Kier alpha value is -0.830. The summed E-state index contributed by atoms with van der Waals surface area (Å²) in [6.45, 7) is 7.64. The van der Waals surface area contributed by atoms with E-state index in [0.717, 1.165) is 6.08 Å². The molecule has 0 aliphatic carbocycles. The van der Waals surface area contributed by atoms with Crippen molar-refractivity contribution in [2.75, 3.05) is 6.61 Å². The number of hydrogen-bond donors (Lipinski definition) is 0. The van der Waals surface area contributed by atoms with Gasteiger partial charge in [0.05, 0.1) is 6.61 Å². The molecule has 0 aromatic carbocycles. The first kappa shape index (κ1) is 8.27. The third-order valence-electron chi connectivity index (χ3n) is 1.64. The van der Waals surface area contributed by atoms with Crippen molar-refractivity contribution in [1.29, 1.82) is 0 Å². The smallest absolute Gasteiger partial charge is 0.330 e. The third-order valence-corrected chi connectivity index (χ3v) is 1.64. The van der Waals surface area contributed by atoms with E-state index in [0.29, 0.717) is 6.61 Å². The number of ether oxygens (including phenoxy) is 2. The standard InChI is InChI=1S/C8H12O3/c1-4-7(9)11-8(2,3)6-5-10-6/h4,6H,1,5H2,2-3H3. The molecule has 1 atom stereocenters. The summed E-state index contributed by atoms with van der Waals surface area (Å²) in [5.74, 6) is -0.398. The summed E-state index contributed by atoms with van der Waals surface area (Å²) >= 11 is 0. The molecule has 1 aliphatic rings. The van der Waals surface area contributed by atoms with Gasteiger partial charge in [0.1, 0.15) is 11.7 Å². The van der Waals surface area contributed by atoms with Crippen molar-refractivity contribution >= 4 is 5.97 Å². The van der Waals surface area contributed by atoms with Crippen LogP contribution in [0, 0.1) is 0 Å². The molecule has 62 valence electrons. The van der Waals surface area contributed by atoms with Gasteiger partial charge in [-0.05, 0) is 13.8 Å². The second-order valence-electron chi connectivity index (χ2n) is 3.05. The van der Waals surface area contributed by atoms with E-state index < -0.39 is 11.6 Å². The van der Waals surface area contributed by atoms with Crippen molar-refractivity contribution in [1.82, 2.24) is 0 Å². The van der Waals surface area contributed by atoms with Crippen LogP contribution in [-0.4, -0.2) is 24.3 Å². The molecule has 1 heterocycles. The molecular weight excluding hydrogens is 144 g/mol. The zero-order valence-corrected chi connectivity index (χ0v) is 6.79. The molecule has 0 aromatic rings. The molecule has 1 unspecified atom stereocenters. The maximum Gasteiger partial charge on any atom is 0.330 e. The lowest BCUT2D eigenvalue weighted by atomic mass is 10.1. The second-order valence-corrected chi connectivity index (χ2v) is 3.05. The Morgan fingerprint density at radius 1 is 1.82 bits per heavy atom. The average molecular weight is 156 g/mol. The van der Waals surface area contributed by atoms with Crippen LogP contribution in [-0.2, 0) is 14.3 Å². The van der Waals surface area contributed by atoms with E-state index in [2.05, 4.69) is 6.58 Å². The van der Waals surface area contributed by atoms with E-state index in [1.807, 2.05) is 13.8 Å². The van der Waals surface area contributed by atoms with Crippen LogP contribution in [0.2, 0.25) is 0 Å². The molecule has 3 nitrogen and oxygen atoms in total. The monoisotopic (exact) mass is 156 g/mol. The maximum absolute atomic E-state index is 10.8. The summed E-state index contributed by atoms with van der Waals surface area (Å²) in [4.78, 5) is 10.8. The first-order valence-corrected chi connectivity index (χ1v) is 3.53. The number of esters is 1. The van der Waals surface area contributed by atoms with Crippen LogP contribution in [0.15, 0.2) is 12.7 Å². The minimum atomic E-state index is -0.509. The molecule has 1 aliphatic heterocycles. The van der Waals surface area contributed by atoms with Crippen LogP contribution in [0.25, 0.3) is 0 Å². The minimum Gasteiger partial charge on any atom is -0.454 e. The molecular formula is C8H12O3. The van der Waals surface area contributed by atoms with Gasteiger partial charge in [0.2, 0.25) is 0 Å². The Kier molecular flexibility index (Phi) is 2.00. The van der Waals surface area contributed by atoms with Crippen molar-refractivity contribution in [3.05, 3.63) is 12.7 Å². The van der Waals surface area contributed by atoms with Gasteiger partial charge >= 0.3 is 5.97 Å². The molecule has 0 aromatic heterocycles. The second kappa shape index (κ2) is 2.66. The van der Waals surface area contributed by atoms with Crippen LogP contribution >= 0.6 is 0 Å².